The van der Waals surface area contributed by atoms with Crippen LogP contribution in [0, 0.1) is 0 Å². The van der Waals surface area contributed by atoms with Gasteiger partial charge in [-0.3, -0.25) is 0 Å². The van der Waals surface area contributed by atoms with E-state index in [0.29, 0.717) is 12.3 Å². The first-order chi connectivity index (χ1) is 10.5. The number of furan rings is 1. The first-order valence-corrected chi connectivity index (χ1v) is 8.38. The van der Waals surface area contributed by atoms with Gasteiger partial charge in [0, 0.05) is 6.54 Å². The van der Waals surface area contributed by atoms with Crippen LogP contribution in [0.5, 0.6) is 0 Å². The molecule has 0 aliphatic carbocycles. The Kier molecular flexibility index (Phi) is 3.68. The van der Waals surface area contributed by atoms with Gasteiger partial charge in [0.25, 0.3) is 10.0 Å². The molecule has 114 valence electrons. The zero-order valence-corrected chi connectivity index (χ0v) is 12.6. The third-order valence-corrected chi connectivity index (χ3v) is 3.81. The molecule has 0 bridgehead atoms. The van der Waals surface area contributed by atoms with E-state index in [4.69, 9.17) is 4.42 Å². The summed E-state index contributed by atoms with van der Waals surface area (Å²) in [4.78, 5) is 4.20. The normalized spacial score (nSPS) is 11.5. The molecule has 3 rings (SSSR count). The Hall–Kier alpha value is -2.61. The Bertz CT molecular complexity index is 855. The topological polar surface area (TPSA) is 90.0 Å². The lowest BCUT2D eigenvalue weighted by Gasteiger charge is -2.06. The summed E-state index contributed by atoms with van der Waals surface area (Å²) in [5.74, 6) is 0.772. The van der Waals surface area contributed by atoms with Crippen molar-refractivity contribution in [2.24, 2.45) is 0 Å². The van der Waals surface area contributed by atoms with Gasteiger partial charge in [0.05, 0.1) is 12.5 Å². The van der Waals surface area contributed by atoms with Crippen LogP contribution in [0.25, 0.3) is 11.6 Å². The molecule has 1 aromatic carbocycles. The summed E-state index contributed by atoms with van der Waals surface area (Å²) < 4.78 is 29.7. The average molecular weight is 318 g/mol. The van der Waals surface area contributed by atoms with E-state index in [1.54, 1.807) is 12.1 Å². The Morgan fingerprint density at radius 1 is 1.18 bits per heavy atom. The van der Waals surface area contributed by atoms with E-state index in [0.717, 1.165) is 15.9 Å². The van der Waals surface area contributed by atoms with Crippen LogP contribution in [0.2, 0.25) is 0 Å². The summed E-state index contributed by atoms with van der Waals surface area (Å²) in [6.07, 6.45) is 2.55. The zero-order valence-electron chi connectivity index (χ0n) is 11.8. The van der Waals surface area contributed by atoms with Crippen LogP contribution >= 0.6 is 0 Å². The fourth-order valence-corrected chi connectivity index (χ4v) is 2.57. The molecule has 2 heterocycles. The summed E-state index contributed by atoms with van der Waals surface area (Å²) in [5, 5.41) is 6.98. The molecule has 0 spiro atoms. The van der Waals surface area contributed by atoms with Crippen LogP contribution in [-0.2, 0) is 16.6 Å². The maximum Gasteiger partial charge on any atom is 0.254 e. The average Bonchev–Trinajstić information content (AvgIpc) is 3.14. The maximum atomic E-state index is 11.8. The number of aromatic nitrogens is 3. The number of hydrogen-bond acceptors (Lipinski definition) is 6. The van der Waals surface area contributed by atoms with Crippen LogP contribution in [0.3, 0.4) is 0 Å². The highest BCUT2D eigenvalue weighted by atomic mass is 32.2. The summed E-state index contributed by atoms with van der Waals surface area (Å²) in [7, 11) is -3.57. The largest absolute Gasteiger partial charge is 0.461 e. The minimum absolute atomic E-state index is 0.151. The molecule has 0 atom stereocenters. The molecule has 0 saturated heterocycles. The van der Waals surface area contributed by atoms with Crippen molar-refractivity contribution in [1.29, 1.82) is 0 Å². The third kappa shape index (κ3) is 3.01. The highest BCUT2D eigenvalue weighted by Gasteiger charge is 2.19. The molecule has 0 radical (unpaired) electrons. The van der Waals surface area contributed by atoms with Crippen LogP contribution in [0.15, 0.2) is 53.1 Å². The lowest BCUT2D eigenvalue weighted by molar-refractivity contribution is 0.575. The first-order valence-electron chi connectivity index (χ1n) is 6.53. The molecule has 2 aromatic heterocycles. The first kappa shape index (κ1) is 14.3. The molecule has 22 heavy (non-hydrogen) atoms. The molecule has 8 heteroatoms. The molecule has 0 aliphatic heterocycles. The van der Waals surface area contributed by atoms with Crippen molar-refractivity contribution in [3.63, 3.8) is 0 Å². The molecular weight excluding hydrogens is 304 g/mol. The molecule has 3 aromatic rings. The van der Waals surface area contributed by atoms with Gasteiger partial charge in [-0.25, -0.2) is 8.42 Å². The highest BCUT2D eigenvalue weighted by molar-refractivity contribution is 7.89. The Labute approximate surface area is 127 Å². The maximum absolute atomic E-state index is 11.8. The van der Waals surface area contributed by atoms with Gasteiger partial charge >= 0.3 is 0 Å². The van der Waals surface area contributed by atoms with Gasteiger partial charge < -0.3 is 9.73 Å². The van der Waals surface area contributed by atoms with Gasteiger partial charge in [0.2, 0.25) is 11.8 Å². The number of nitrogens with one attached hydrogen (secondary N) is 1. The second-order valence-electron chi connectivity index (χ2n) is 4.68. The van der Waals surface area contributed by atoms with Crippen molar-refractivity contribution in [2.75, 3.05) is 11.6 Å². The van der Waals surface area contributed by atoms with Crippen molar-refractivity contribution in [3.05, 3.63) is 54.3 Å². The molecule has 0 saturated carbocycles. The predicted molar refractivity (Wildman–Crippen MR) is 81.7 cm³/mol. The summed E-state index contributed by atoms with van der Waals surface area (Å²) >= 11 is 0. The molecular formula is C14H14N4O3S. The van der Waals surface area contributed by atoms with Crippen LogP contribution in [0.1, 0.15) is 5.56 Å². The molecule has 0 unspecified atom stereocenters. The van der Waals surface area contributed by atoms with Gasteiger partial charge in [0.15, 0.2) is 5.76 Å². The molecule has 0 amide bonds. The van der Waals surface area contributed by atoms with E-state index >= 15 is 0 Å². The fourth-order valence-electron chi connectivity index (χ4n) is 1.92. The molecule has 0 fully saturated rings. The molecule has 7 nitrogen and oxygen atoms in total. The molecule has 1 N–H and O–H groups in total. The van der Waals surface area contributed by atoms with E-state index in [2.05, 4.69) is 15.4 Å². The molecule has 0 aliphatic rings. The van der Waals surface area contributed by atoms with Gasteiger partial charge in [-0.15, -0.1) is 9.19 Å². The van der Waals surface area contributed by atoms with Crippen molar-refractivity contribution in [3.8, 4) is 11.6 Å². The van der Waals surface area contributed by atoms with Crippen LogP contribution < -0.4 is 5.32 Å². The number of rotatable bonds is 5. The fraction of sp³-hybridized carbons (Fsp3) is 0.143. The third-order valence-electron chi connectivity index (χ3n) is 2.93. The number of benzene rings is 1. The minimum Gasteiger partial charge on any atom is -0.461 e. The van der Waals surface area contributed by atoms with E-state index in [9.17, 15) is 8.42 Å². The van der Waals surface area contributed by atoms with Crippen molar-refractivity contribution in [1.82, 2.24) is 14.2 Å². The minimum atomic E-state index is -3.57. The van der Waals surface area contributed by atoms with E-state index < -0.39 is 10.0 Å². The van der Waals surface area contributed by atoms with Crippen LogP contribution in [-0.4, -0.2) is 28.8 Å². The number of hydrogen-bond donors (Lipinski definition) is 1. The van der Waals surface area contributed by atoms with E-state index in [1.165, 1.54) is 6.26 Å². The Balaban J connectivity index is 1.92. The predicted octanol–water partition coefficient (Wildman–Crippen LogP) is 1.96. The summed E-state index contributed by atoms with van der Waals surface area (Å²) in [5.41, 5.74) is 1.00. The lowest BCUT2D eigenvalue weighted by atomic mass is 10.2. The summed E-state index contributed by atoms with van der Waals surface area (Å²) in [6, 6.07) is 13.0. The lowest BCUT2D eigenvalue weighted by Crippen LogP contribution is -2.16. The quantitative estimate of drug-likeness (QED) is 0.773. The second kappa shape index (κ2) is 5.64. The van der Waals surface area contributed by atoms with Gasteiger partial charge in [-0.1, -0.05) is 30.3 Å². The summed E-state index contributed by atoms with van der Waals surface area (Å²) in [6.45, 7) is 0.437. The smallest absolute Gasteiger partial charge is 0.254 e. The van der Waals surface area contributed by atoms with Crippen LogP contribution in [0.4, 0.5) is 5.95 Å². The standard InChI is InChI=1S/C14H14N4O3S/c1-22(19,20)18-14(15-10-11-6-3-2-4-7-11)16-13(17-18)12-8-5-9-21-12/h2-9H,10H2,1H3,(H,15,16,17). The zero-order chi connectivity index (χ0) is 15.6. The highest BCUT2D eigenvalue weighted by Crippen LogP contribution is 2.19. The Morgan fingerprint density at radius 3 is 2.59 bits per heavy atom. The second-order valence-corrected chi connectivity index (χ2v) is 6.49. The van der Waals surface area contributed by atoms with E-state index in [1.807, 2.05) is 30.3 Å². The van der Waals surface area contributed by atoms with E-state index in [-0.39, 0.29) is 11.8 Å². The monoisotopic (exact) mass is 318 g/mol. The van der Waals surface area contributed by atoms with Crippen molar-refractivity contribution in [2.45, 2.75) is 6.54 Å². The van der Waals surface area contributed by atoms with Crippen molar-refractivity contribution >= 4 is 16.0 Å². The van der Waals surface area contributed by atoms with Gasteiger partial charge in [0.1, 0.15) is 0 Å². The van der Waals surface area contributed by atoms with Gasteiger partial charge in [-0.2, -0.15) is 4.98 Å². The Morgan fingerprint density at radius 2 is 1.95 bits per heavy atom. The van der Waals surface area contributed by atoms with Crippen molar-refractivity contribution < 1.29 is 12.8 Å². The number of anilines is 1. The van der Waals surface area contributed by atoms with Gasteiger partial charge in [-0.05, 0) is 17.7 Å². The SMILES string of the molecule is CS(=O)(=O)n1nc(-c2ccco2)nc1NCc1ccccc1. The number of nitrogens with zero attached hydrogens (tertiary/aromatic N) is 3.